The van der Waals surface area contributed by atoms with E-state index < -0.39 is 17.8 Å². The average Bonchev–Trinajstić information content (AvgIpc) is 2.60. The quantitative estimate of drug-likeness (QED) is 0.844. The Morgan fingerprint density at radius 1 is 1.32 bits per heavy atom. The number of nitrogens with one attached hydrogen (secondary N) is 1. The maximum atomic E-state index is 12.8. The molecule has 1 fully saturated rings. The molecule has 0 spiro atoms. The van der Waals surface area contributed by atoms with Crippen LogP contribution in [0.5, 0.6) is 0 Å². The van der Waals surface area contributed by atoms with E-state index in [1.165, 1.54) is 12.1 Å². The zero-order chi connectivity index (χ0) is 18.6. The monoisotopic (exact) mass is 354 g/mol. The van der Waals surface area contributed by atoms with Crippen LogP contribution in [-0.4, -0.2) is 29.8 Å². The highest BCUT2D eigenvalue weighted by atomic mass is 19.4. The molecule has 1 N–H and O–H groups in total. The van der Waals surface area contributed by atoms with E-state index in [1.807, 2.05) is 0 Å². The molecule has 1 unspecified atom stereocenters. The van der Waals surface area contributed by atoms with Gasteiger partial charge in [-0.3, -0.25) is 9.59 Å². The molecule has 2 amide bonds. The van der Waals surface area contributed by atoms with Gasteiger partial charge in [0.25, 0.3) is 0 Å². The van der Waals surface area contributed by atoms with Gasteiger partial charge in [-0.2, -0.15) is 13.2 Å². The summed E-state index contributed by atoms with van der Waals surface area (Å²) in [5, 5.41) is 2.77. The first-order valence-electron chi connectivity index (χ1n) is 8.11. The number of nitrogens with zero attached hydrogens (tertiary/aromatic N) is 1. The lowest BCUT2D eigenvalue weighted by Crippen LogP contribution is -2.43. The van der Waals surface area contributed by atoms with Crippen LogP contribution in [0.4, 0.5) is 13.2 Å². The van der Waals surface area contributed by atoms with Crippen LogP contribution in [0.3, 0.4) is 0 Å². The Bertz CT molecular complexity index is 650. The van der Waals surface area contributed by atoms with Gasteiger partial charge in [0, 0.05) is 19.0 Å². The fourth-order valence-electron chi connectivity index (χ4n) is 2.89. The highest BCUT2D eigenvalue weighted by Gasteiger charge is 2.31. The molecule has 4 nitrogen and oxygen atoms in total. The van der Waals surface area contributed by atoms with E-state index >= 15 is 0 Å². The van der Waals surface area contributed by atoms with E-state index in [0.29, 0.717) is 31.5 Å². The molecule has 0 bridgehead atoms. The van der Waals surface area contributed by atoms with Gasteiger partial charge < -0.3 is 10.2 Å². The zero-order valence-corrected chi connectivity index (χ0v) is 14.0. The molecule has 0 saturated carbocycles. The molecule has 25 heavy (non-hydrogen) atoms. The summed E-state index contributed by atoms with van der Waals surface area (Å²) in [5.74, 6) is -0.603. The van der Waals surface area contributed by atoms with Crippen molar-refractivity contribution in [1.29, 1.82) is 0 Å². The lowest BCUT2D eigenvalue weighted by molar-refractivity contribution is -0.137. The van der Waals surface area contributed by atoms with Gasteiger partial charge >= 0.3 is 6.18 Å². The highest BCUT2D eigenvalue weighted by molar-refractivity contribution is 5.87. The molecule has 136 valence electrons. The molecule has 1 atom stereocenters. The minimum atomic E-state index is -4.41. The number of piperidine rings is 1. The first kappa shape index (κ1) is 19.0. The number of likely N-dealkylation sites (tertiary alicyclic amines) is 1. The van der Waals surface area contributed by atoms with Gasteiger partial charge in [0.05, 0.1) is 11.6 Å². The van der Waals surface area contributed by atoms with Crippen molar-refractivity contribution in [3.05, 3.63) is 48.0 Å². The van der Waals surface area contributed by atoms with Gasteiger partial charge in [-0.1, -0.05) is 18.7 Å². The third-order valence-corrected chi connectivity index (χ3v) is 4.42. The average molecular weight is 354 g/mol. The molecular weight excluding hydrogens is 333 g/mol. The minimum Gasteiger partial charge on any atom is -0.349 e. The van der Waals surface area contributed by atoms with Gasteiger partial charge in [-0.15, -0.1) is 0 Å². The summed E-state index contributed by atoms with van der Waals surface area (Å²) in [6.07, 6.45) is -2.11. The van der Waals surface area contributed by atoms with Crippen molar-refractivity contribution in [2.75, 3.05) is 13.1 Å². The fraction of sp³-hybridized carbons (Fsp3) is 0.444. The standard InChI is InChI=1S/C18H21F3N2O2/c1-3-16(24)23-9-7-13(8-10-23)17(25)22-12(2)14-5-4-6-15(11-14)18(19,20)21/h3-6,11-13H,1,7-10H2,2H3,(H,22,25). The number of hydrogen-bond donors (Lipinski definition) is 1. The predicted octanol–water partition coefficient (Wildman–Crippen LogP) is 3.31. The number of rotatable bonds is 4. The number of alkyl halides is 3. The smallest absolute Gasteiger partial charge is 0.349 e. The van der Waals surface area contributed by atoms with E-state index in [4.69, 9.17) is 0 Å². The number of halogens is 3. The van der Waals surface area contributed by atoms with Crippen LogP contribution >= 0.6 is 0 Å². The third kappa shape index (κ3) is 4.84. The summed E-state index contributed by atoms with van der Waals surface area (Å²) in [6.45, 7) is 6.04. The van der Waals surface area contributed by atoms with Crippen molar-refractivity contribution in [3.8, 4) is 0 Å². The van der Waals surface area contributed by atoms with Gasteiger partial charge in [0.1, 0.15) is 0 Å². The van der Waals surface area contributed by atoms with Gasteiger partial charge in [-0.25, -0.2) is 0 Å². The van der Waals surface area contributed by atoms with Crippen LogP contribution < -0.4 is 5.32 Å². The summed E-state index contributed by atoms with van der Waals surface area (Å²) in [5.41, 5.74) is -0.329. The van der Waals surface area contributed by atoms with Crippen LogP contribution in [0.15, 0.2) is 36.9 Å². The van der Waals surface area contributed by atoms with Gasteiger partial charge in [-0.05, 0) is 43.5 Å². The number of benzene rings is 1. The molecule has 2 rings (SSSR count). The maximum Gasteiger partial charge on any atom is 0.416 e. The van der Waals surface area contributed by atoms with Crippen molar-refractivity contribution in [2.24, 2.45) is 5.92 Å². The molecule has 1 aliphatic rings. The Kier molecular flexibility index (Phi) is 5.87. The first-order chi connectivity index (χ1) is 11.7. The van der Waals surface area contributed by atoms with E-state index in [2.05, 4.69) is 11.9 Å². The van der Waals surface area contributed by atoms with Crippen molar-refractivity contribution in [2.45, 2.75) is 32.0 Å². The first-order valence-corrected chi connectivity index (χ1v) is 8.11. The molecule has 1 aliphatic heterocycles. The van der Waals surface area contributed by atoms with Gasteiger partial charge in [0.2, 0.25) is 11.8 Å². The number of carbonyl (C=O) groups is 2. The molecular formula is C18H21F3N2O2. The Labute approximate surface area is 144 Å². The van der Waals surface area contributed by atoms with Crippen LogP contribution in [0.25, 0.3) is 0 Å². The maximum absolute atomic E-state index is 12.8. The summed E-state index contributed by atoms with van der Waals surface area (Å²) < 4.78 is 38.4. The van der Waals surface area contributed by atoms with E-state index in [0.717, 1.165) is 12.1 Å². The highest BCUT2D eigenvalue weighted by Crippen LogP contribution is 2.31. The lowest BCUT2D eigenvalue weighted by Gasteiger charge is -2.31. The van der Waals surface area contributed by atoms with Crippen LogP contribution in [0, 0.1) is 5.92 Å². The van der Waals surface area contributed by atoms with E-state index in [1.54, 1.807) is 17.9 Å². The third-order valence-electron chi connectivity index (χ3n) is 4.42. The Hall–Kier alpha value is -2.31. The number of carbonyl (C=O) groups excluding carboxylic acids is 2. The molecule has 0 radical (unpaired) electrons. The zero-order valence-electron chi connectivity index (χ0n) is 14.0. The largest absolute Gasteiger partial charge is 0.416 e. The van der Waals surface area contributed by atoms with Crippen LogP contribution in [-0.2, 0) is 15.8 Å². The summed E-state index contributed by atoms with van der Waals surface area (Å²) in [4.78, 5) is 25.5. The van der Waals surface area contributed by atoms with Gasteiger partial charge in [0.15, 0.2) is 0 Å². The molecule has 1 aromatic rings. The second-order valence-electron chi connectivity index (χ2n) is 6.16. The van der Waals surface area contributed by atoms with E-state index in [9.17, 15) is 22.8 Å². The molecule has 1 aromatic carbocycles. The van der Waals surface area contributed by atoms with Crippen molar-refractivity contribution in [1.82, 2.24) is 10.2 Å². The Morgan fingerprint density at radius 2 is 1.96 bits per heavy atom. The summed E-state index contributed by atoms with van der Waals surface area (Å²) in [6, 6.07) is 4.43. The molecule has 0 aromatic heterocycles. The number of amides is 2. The summed E-state index contributed by atoms with van der Waals surface area (Å²) >= 11 is 0. The van der Waals surface area contributed by atoms with Crippen molar-refractivity contribution >= 4 is 11.8 Å². The molecule has 0 aliphatic carbocycles. The molecule has 1 saturated heterocycles. The number of hydrogen-bond acceptors (Lipinski definition) is 2. The molecule has 1 heterocycles. The Morgan fingerprint density at radius 3 is 2.52 bits per heavy atom. The van der Waals surface area contributed by atoms with Crippen molar-refractivity contribution < 1.29 is 22.8 Å². The SMILES string of the molecule is C=CC(=O)N1CCC(C(=O)NC(C)c2cccc(C(F)(F)F)c2)CC1. The van der Waals surface area contributed by atoms with Crippen LogP contribution in [0.2, 0.25) is 0 Å². The predicted molar refractivity (Wildman–Crippen MR) is 87.5 cm³/mol. The normalized spacial score (nSPS) is 17.0. The molecule has 7 heteroatoms. The Balaban J connectivity index is 1.95. The fourth-order valence-corrected chi connectivity index (χ4v) is 2.89. The minimum absolute atomic E-state index is 0.156. The second kappa shape index (κ2) is 7.72. The van der Waals surface area contributed by atoms with Crippen LogP contribution in [0.1, 0.15) is 36.9 Å². The lowest BCUT2D eigenvalue weighted by atomic mass is 9.95. The second-order valence-corrected chi connectivity index (χ2v) is 6.16. The van der Waals surface area contributed by atoms with E-state index in [-0.39, 0.29) is 17.7 Å². The van der Waals surface area contributed by atoms with Crippen molar-refractivity contribution in [3.63, 3.8) is 0 Å². The summed E-state index contributed by atoms with van der Waals surface area (Å²) in [7, 11) is 0. The topological polar surface area (TPSA) is 49.4 Å².